The van der Waals surface area contributed by atoms with Gasteiger partial charge in [-0.05, 0) is 98.5 Å². The molecule has 1 spiro atoms. The zero-order valence-electron chi connectivity index (χ0n) is 22.5. The highest BCUT2D eigenvalue weighted by Gasteiger charge is 2.43. The number of amides is 1. The van der Waals surface area contributed by atoms with Crippen molar-refractivity contribution < 1.29 is 23.0 Å². The number of carbonyl (C=O) groups excluding carboxylic acids is 1. The molecule has 11 heteroatoms. The monoisotopic (exact) mass is 614 g/mol. The van der Waals surface area contributed by atoms with Gasteiger partial charge in [-0.3, -0.25) is 9.36 Å². The SMILES string of the molecule is CC(C)(C)OC(=O)N1CCC2(CC[C@H](n3cnc4ccc(Oc5c(F)ccc(F)c5C#N)c(Br)c4c3=O)C2)CC1. The van der Waals surface area contributed by atoms with Crippen LogP contribution in [0.2, 0.25) is 0 Å². The van der Waals surface area contributed by atoms with Crippen LogP contribution in [0.25, 0.3) is 10.9 Å². The molecule has 1 aromatic heterocycles. The first-order valence-corrected chi connectivity index (χ1v) is 13.9. The van der Waals surface area contributed by atoms with Crippen LogP contribution in [-0.2, 0) is 4.74 Å². The molecule has 8 nitrogen and oxygen atoms in total. The van der Waals surface area contributed by atoms with Crippen molar-refractivity contribution in [2.24, 2.45) is 5.41 Å². The zero-order chi connectivity index (χ0) is 28.8. The van der Waals surface area contributed by atoms with Gasteiger partial charge in [-0.2, -0.15) is 5.26 Å². The molecule has 3 aromatic rings. The van der Waals surface area contributed by atoms with Crippen LogP contribution >= 0.6 is 15.9 Å². The summed E-state index contributed by atoms with van der Waals surface area (Å²) in [6, 6.07) is 6.33. The first-order chi connectivity index (χ1) is 18.9. The van der Waals surface area contributed by atoms with Crippen LogP contribution in [-0.4, -0.2) is 39.2 Å². The Balaban J connectivity index is 1.38. The van der Waals surface area contributed by atoms with Crippen LogP contribution in [0.1, 0.15) is 64.5 Å². The average molecular weight is 615 g/mol. The summed E-state index contributed by atoms with van der Waals surface area (Å²) in [6.07, 6.45) is 5.45. The van der Waals surface area contributed by atoms with Crippen LogP contribution < -0.4 is 10.3 Å². The molecule has 2 aliphatic rings. The van der Waals surface area contributed by atoms with Gasteiger partial charge in [0.2, 0.25) is 0 Å². The smallest absolute Gasteiger partial charge is 0.410 e. The Labute approximate surface area is 238 Å². The van der Waals surface area contributed by atoms with Crippen molar-refractivity contribution in [3.8, 4) is 17.6 Å². The lowest BCUT2D eigenvalue weighted by atomic mass is 9.77. The number of piperidine rings is 1. The molecular weight excluding hydrogens is 586 g/mol. The Morgan fingerprint density at radius 2 is 1.85 bits per heavy atom. The number of aromatic nitrogens is 2. The summed E-state index contributed by atoms with van der Waals surface area (Å²) in [5, 5.41) is 9.54. The molecule has 1 saturated heterocycles. The van der Waals surface area contributed by atoms with Gasteiger partial charge in [-0.25, -0.2) is 18.6 Å². The molecular formula is C29H29BrF2N4O4. The Morgan fingerprint density at radius 1 is 1.15 bits per heavy atom. The van der Waals surface area contributed by atoms with Crippen molar-refractivity contribution in [1.29, 1.82) is 5.26 Å². The third-order valence-electron chi connectivity index (χ3n) is 7.78. The second-order valence-corrected chi connectivity index (χ2v) is 12.3. The van der Waals surface area contributed by atoms with Crippen LogP contribution in [0.4, 0.5) is 13.6 Å². The first kappa shape index (κ1) is 28.0. The summed E-state index contributed by atoms with van der Waals surface area (Å²) in [6.45, 7) is 6.78. The fourth-order valence-corrected chi connectivity index (χ4v) is 6.29. The number of nitrogens with zero attached hydrogens (tertiary/aromatic N) is 4. The molecule has 0 N–H and O–H groups in total. The van der Waals surface area contributed by atoms with Gasteiger partial charge < -0.3 is 14.4 Å². The molecule has 0 radical (unpaired) electrons. The number of fused-ring (bicyclic) bond motifs is 1. The van der Waals surface area contributed by atoms with E-state index in [-0.39, 0.29) is 38.7 Å². The van der Waals surface area contributed by atoms with Crippen LogP contribution in [0, 0.1) is 28.4 Å². The average Bonchev–Trinajstić information content (AvgIpc) is 3.30. The quantitative estimate of drug-likeness (QED) is 0.320. The van der Waals surface area contributed by atoms with Gasteiger partial charge in [-0.15, -0.1) is 0 Å². The summed E-state index contributed by atoms with van der Waals surface area (Å²) in [7, 11) is 0. The minimum Gasteiger partial charge on any atom is -0.452 e. The van der Waals surface area contributed by atoms with Gasteiger partial charge in [0.25, 0.3) is 5.56 Å². The van der Waals surface area contributed by atoms with E-state index < -0.39 is 28.5 Å². The fraction of sp³-hybridized carbons (Fsp3) is 0.448. The van der Waals surface area contributed by atoms with Gasteiger partial charge >= 0.3 is 6.09 Å². The van der Waals surface area contributed by atoms with Crippen LogP contribution in [0.3, 0.4) is 0 Å². The molecule has 1 aliphatic carbocycles. The summed E-state index contributed by atoms with van der Waals surface area (Å²) < 4.78 is 41.5. The first-order valence-electron chi connectivity index (χ1n) is 13.1. The molecule has 1 amide bonds. The second-order valence-electron chi connectivity index (χ2n) is 11.5. The van der Waals surface area contributed by atoms with Crippen molar-refractivity contribution in [1.82, 2.24) is 14.5 Å². The number of hydrogen-bond donors (Lipinski definition) is 0. The molecule has 1 aliphatic heterocycles. The Bertz CT molecular complexity index is 1590. The highest BCUT2D eigenvalue weighted by molar-refractivity contribution is 9.10. The Kier molecular flexibility index (Phi) is 7.33. The minimum absolute atomic E-state index is 0.0301. The largest absolute Gasteiger partial charge is 0.452 e. The maximum atomic E-state index is 14.4. The van der Waals surface area contributed by atoms with Crippen molar-refractivity contribution in [2.75, 3.05) is 13.1 Å². The van der Waals surface area contributed by atoms with E-state index in [1.54, 1.807) is 27.9 Å². The Hall–Kier alpha value is -3.52. The lowest BCUT2D eigenvalue weighted by Crippen LogP contribution is -2.44. The zero-order valence-corrected chi connectivity index (χ0v) is 24.1. The summed E-state index contributed by atoms with van der Waals surface area (Å²) >= 11 is 3.41. The van der Waals surface area contributed by atoms with Gasteiger partial charge in [0.15, 0.2) is 11.6 Å². The van der Waals surface area contributed by atoms with Crippen molar-refractivity contribution in [2.45, 2.75) is 64.5 Å². The normalized spacial score (nSPS) is 18.6. The van der Waals surface area contributed by atoms with Crippen molar-refractivity contribution >= 4 is 32.9 Å². The summed E-state index contributed by atoms with van der Waals surface area (Å²) in [4.78, 5) is 32.5. The van der Waals surface area contributed by atoms with Crippen LogP contribution in [0.5, 0.6) is 11.5 Å². The van der Waals surface area contributed by atoms with E-state index in [1.807, 2.05) is 20.8 Å². The highest BCUT2D eigenvalue weighted by atomic mass is 79.9. The van der Waals surface area contributed by atoms with Gasteiger partial charge in [0, 0.05) is 19.1 Å². The molecule has 2 aromatic carbocycles. The number of rotatable bonds is 3. The molecule has 0 unspecified atom stereocenters. The van der Waals surface area contributed by atoms with Gasteiger partial charge in [-0.1, -0.05) is 0 Å². The molecule has 2 heterocycles. The minimum atomic E-state index is -0.910. The molecule has 1 saturated carbocycles. The second kappa shape index (κ2) is 10.5. The fourth-order valence-electron chi connectivity index (χ4n) is 5.71. The molecule has 2 fully saturated rings. The van der Waals surface area contributed by atoms with E-state index in [1.165, 1.54) is 6.07 Å². The third-order valence-corrected chi connectivity index (χ3v) is 8.57. The maximum absolute atomic E-state index is 14.4. The number of benzene rings is 2. The molecule has 5 rings (SSSR count). The predicted molar refractivity (Wildman–Crippen MR) is 147 cm³/mol. The number of likely N-dealkylation sites (tertiary alicyclic amines) is 1. The van der Waals surface area contributed by atoms with E-state index in [2.05, 4.69) is 20.9 Å². The lowest BCUT2D eigenvalue weighted by molar-refractivity contribution is 0.0103. The van der Waals surface area contributed by atoms with Gasteiger partial charge in [0.05, 0.1) is 21.7 Å². The third kappa shape index (κ3) is 5.29. The van der Waals surface area contributed by atoms with Gasteiger partial charge in [0.1, 0.15) is 28.8 Å². The van der Waals surface area contributed by atoms with Crippen molar-refractivity contribution in [3.05, 3.63) is 62.6 Å². The van der Waals surface area contributed by atoms with E-state index in [9.17, 15) is 23.6 Å². The van der Waals surface area contributed by atoms with E-state index in [4.69, 9.17) is 9.47 Å². The van der Waals surface area contributed by atoms with E-state index in [0.29, 0.717) is 18.6 Å². The van der Waals surface area contributed by atoms with E-state index in [0.717, 1.165) is 44.2 Å². The van der Waals surface area contributed by atoms with Crippen LogP contribution in [0.15, 0.2) is 39.9 Å². The number of carbonyl (C=O) groups is 1. The summed E-state index contributed by atoms with van der Waals surface area (Å²) in [5.41, 5.74) is -0.945. The standard InChI is InChI=1S/C29H29BrF2N4O4/c1-28(2,3)40-27(38)35-12-10-29(11-13-35)9-8-17(14-29)36-16-34-21-6-7-22(24(30)23(21)26(36)37)39-25-18(15-33)19(31)4-5-20(25)32/h4-7,16-17H,8-14H2,1-3H3/t17-/m0/s1. The molecule has 210 valence electrons. The van der Waals surface area contributed by atoms with Crippen molar-refractivity contribution in [3.63, 3.8) is 0 Å². The number of nitriles is 1. The highest BCUT2D eigenvalue weighted by Crippen LogP contribution is 2.50. The number of ether oxygens (including phenoxy) is 2. The molecule has 40 heavy (non-hydrogen) atoms. The number of hydrogen-bond acceptors (Lipinski definition) is 6. The maximum Gasteiger partial charge on any atom is 0.410 e. The molecule has 0 bridgehead atoms. The van der Waals surface area contributed by atoms with E-state index >= 15 is 0 Å². The topological polar surface area (TPSA) is 97.4 Å². The lowest BCUT2D eigenvalue weighted by Gasteiger charge is -2.40. The molecule has 1 atom stereocenters. The summed E-state index contributed by atoms with van der Waals surface area (Å²) in [5.74, 6) is -2.31. The predicted octanol–water partition coefficient (Wildman–Crippen LogP) is 6.84. The number of halogens is 3. The Morgan fingerprint density at radius 3 is 2.52 bits per heavy atom.